The lowest BCUT2D eigenvalue weighted by atomic mass is 10.2. The SMILES string of the molecule is CCc1nc(C(C)NC(=O)N(C)Cc2cnccn2)cs1. The van der Waals surface area contributed by atoms with Crippen LogP contribution in [0.1, 0.15) is 36.3 Å². The fourth-order valence-electron chi connectivity index (χ4n) is 1.78. The van der Waals surface area contributed by atoms with Crippen molar-refractivity contribution in [1.29, 1.82) is 0 Å². The first kappa shape index (κ1) is 15.4. The Morgan fingerprint density at radius 2 is 2.29 bits per heavy atom. The quantitative estimate of drug-likeness (QED) is 0.920. The molecule has 112 valence electrons. The molecule has 0 bridgehead atoms. The van der Waals surface area contributed by atoms with Gasteiger partial charge in [-0.15, -0.1) is 11.3 Å². The summed E-state index contributed by atoms with van der Waals surface area (Å²) >= 11 is 1.62. The fraction of sp³-hybridized carbons (Fsp3) is 0.429. The van der Waals surface area contributed by atoms with Gasteiger partial charge in [-0.1, -0.05) is 6.92 Å². The summed E-state index contributed by atoms with van der Waals surface area (Å²) in [5.74, 6) is 0. The second-order valence-corrected chi connectivity index (χ2v) is 5.69. The summed E-state index contributed by atoms with van der Waals surface area (Å²) < 4.78 is 0. The third kappa shape index (κ3) is 4.22. The maximum Gasteiger partial charge on any atom is 0.318 e. The average Bonchev–Trinajstić information content (AvgIpc) is 2.97. The second-order valence-electron chi connectivity index (χ2n) is 4.74. The van der Waals surface area contributed by atoms with Gasteiger partial charge < -0.3 is 10.2 Å². The number of carbonyl (C=O) groups excluding carboxylic acids is 1. The van der Waals surface area contributed by atoms with Crippen LogP contribution < -0.4 is 5.32 Å². The molecule has 2 rings (SSSR count). The molecule has 0 saturated heterocycles. The minimum Gasteiger partial charge on any atom is -0.330 e. The van der Waals surface area contributed by atoms with Crippen LogP contribution in [0.2, 0.25) is 0 Å². The molecule has 0 aliphatic rings. The van der Waals surface area contributed by atoms with Crippen LogP contribution in [-0.2, 0) is 13.0 Å². The third-order valence-electron chi connectivity index (χ3n) is 3.02. The summed E-state index contributed by atoms with van der Waals surface area (Å²) in [6, 6.07) is -0.266. The molecule has 2 aromatic rings. The van der Waals surface area contributed by atoms with Crippen LogP contribution in [0.25, 0.3) is 0 Å². The van der Waals surface area contributed by atoms with Crippen molar-refractivity contribution in [3.8, 4) is 0 Å². The highest BCUT2D eigenvalue weighted by Crippen LogP contribution is 2.17. The summed E-state index contributed by atoms with van der Waals surface area (Å²) in [6.45, 7) is 4.42. The highest BCUT2D eigenvalue weighted by molar-refractivity contribution is 7.09. The Bertz CT molecular complexity index is 586. The Morgan fingerprint density at radius 1 is 1.48 bits per heavy atom. The number of hydrogen-bond acceptors (Lipinski definition) is 5. The Morgan fingerprint density at radius 3 is 2.90 bits per heavy atom. The molecule has 21 heavy (non-hydrogen) atoms. The Kier molecular flexibility index (Phi) is 5.21. The molecule has 0 aromatic carbocycles. The second kappa shape index (κ2) is 7.12. The maximum absolute atomic E-state index is 12.1. The van der Waals surface area contributed by atoms with Crippen LogP contribution in [-0.4, -0.2) is 32.9 Å². The van der Waals surface area contributed by atoms with Gasteiger partial charge in [0.15, 0.2) is 0 Å². The standard InChI is InChI=1S/C14H19N5OS/c1-4-13-18-12(9-21-13)10(2)17-14(20)19(3)8-11-7-15-5-6-16-11/h5-7,9-10H,4,8H2,1-3H3,(H,17,20). The molecule has 2 heterocycles. The summed E-state index contributed by atoms with van der Waals surface area (Å²) in [6.07, 6.45) is 5.80. The molecular weight excluding hydrogens is 286 g/mol. The van der Waals surface area contributed by atoms with Crippen LogP contribution in [0.15, 0.2) is 24.0 Å². The zero-order chi connectivity index (χ0) is 15.2. The number of amides is 2. The number of aryl methyl sites for hydroxylation is 1. The van der Waals surface area contributed by atoms with Gasteiger partial charge in [-0.05, 0) is 13.3 Å². The van der Waals surface area contributed by atoms with Gasteiger partial charge >= 0.3 is 6.03 Å². The van der Waals surface area contributed by atoms with Crippen molar-refractivity contribution in [1.82, 2.24) is 25.2 Å². The molecule has 0 spiro atoms. The molecule has 1 unspecified atom stereocenters. The number of nitrogens with one attached hydrogen (secondary N) is 1. The van der Waals surface area contributed by atoms with E-state index in [-0.39, 0.29) is 12.1 Å². The number of aromatic nitrogens is 3. The van der Waals surface area contributed by atoms with Crippen LogP contribution in [0.3, 0.4) is 0 Å². The lowest BCUT2D eigenvalue weighted by Gasteiger charge is -2.20. The Labute approximate surface area is 128 Å². The highest BCUT2D eigenvalue weighted by Gasteiger charge is 2.16. The van der Waals surface area contributed by atoms with Crippen molar-refractivity contribution in [2.24, 2.45) is 0 Å². The van der Waals surface area contributed by atoms with Gasteiger partial charge in [0.2, 0.25) is 0 Å². The topological polar surface area (TPSA) is 71.0 Å². The van der Waals surface area contributed by atoms with Crippen molar-refractivity contribution < 1.29 is 4.79 Å². The smallest absolute Gasteiger partial charge is 0.318 e. The van der Waals surface area contributed by atoms with E-state index >= 15 is 0 Å². The minimum atomic E-state index is -0.154. The van der Waals surface area contributed by atoms with Gasteiger partial charge in [-0.2, -0.15) is 0 Å². The largest absolute Gasteiger partial charge is 0.330 e. The van der Waals surface area contributed by atoms with Gasteiger partial charge in [0.25, 0.3) is 0 Å². The summed E-state index contributed by atoms with van der Waals surface area (Å²) in [4.78, 5) is 26.4. The number of carbonyl (C=O) groups is 1. The first-order valence-electron chi connectivity index (χ1n) is 6.81. The Hall–Kier alpha value is -2.02. The van der Waals surface area contributed by atoms with Crippen LogP contribution >= 0.6 is 11.3 Å². The molecule has 0 saturated carbocycles. The highest BCUT2D eigenvalue weighted by atomic mass is 32.1. The zero-order valence-electron chi connectivity index (χ0n) is 12.4. The van der Waals surface area contributed by atoms with Crippen molar-refractivity contribution in [2.75, 3.05) is 7.05 Å². The van der Waals surface area contributed by atoms with E-state index in [1.807, 2.05) is 12.3 Å². The molecule has 0 aliphatic carbocycles. The Balaban J connectivity index is 1.91. The van der Waals surface area contributed by atoms with Crippen LogP contribution in [0.4, 0.5) is 4.79 Å². The van der Waals surface area contributed by atoms with Crippen LogP contribution in [0.5, 0.6) is 0 Å². The molecule has 1 atom stereocenters. The molecule has 1 N–H and O–H groups in total. The van der Waals surface area contributed by atoms with Crippen molar-refractivity contribution in [2.45, 2.75) is 32.9 Å². The van der Waals surface area contributed by atoms with E-state index in [1.54, 1.807) is 41.9 Å². The van der Waals surface area contributed by atoms with E-state index in [0.29, 0.717) is 6.54 Å². The van der Waals surface area contributed by atoms with Gasteiger partial charge in [0.05, 0.1) is 35.2 Å². The lowest BCUT2D eigenvalue weighted by Crippen LogP contribution is -2.38. The number of hydrogen-bond donors (Lipinski definition) is 1. The maximum atomic E-state index is 12.1. The van der Waals surface area contributed by atoms with Crippen LogP contribution in [0, 0.1) is 0 Å². The van der Waals surface area contributed by atoms with E-state index in [1.165, 1.54) is 0 Å². The monoisotopic (exact) mass is 305 g/mol. The lowest BCUT2D eigenvalue weighted by molar-refractivity contribution is 0.202. The van der Waals surface area contributed by atoms with Crippen molar-refractivity contribution in [3.05, 3.63) is 40.4 Å². The van der Waals surface area contributed by atoms with Gasteiger partial charge in [0, 0.05) is 24.8 Å². The average molecular weight is 305 g/mol. The van der Waals surface area contributed by atoms with E-state index in [0.717, 1.165) is 22.8 Å². The predicted molar refractivity (Wildman–Crippen MR) is 81.9 cm³/mol. The number of thiazole rings is 1. The summed E-state index contributed by atoms with van der Waals surface area (Å²) in [5, 5.41) is 6.01. The predicted octanol–water partition coefficient (Wildman–Crippen LogP) is 2.40. The van der Waals surface area contributed by atoms with Crippen molar-refractivity contribution in [3.63, 3.8) is 0 Å². The molecule has 7 heteroatoms. The van der Waals surface area contributed by atoms with E-state index in [9.17, 15) is 4.79 Å². The molecule has 0 aliphatic heterocycles. The van der Waals surface area contributed by atoms with Gasteiger partial charge in [0.1, 0.15) is 0 Å². The van der Waals surface area contributed by atoms with Gasteiger partial charge in [-0.25, -0.2) is 9.78 Å². The molecular formula is C14H19N5OS. The van der Waals surface area contributed by atoms with Gasteiger partial charge in [-0.3, -0.25) is 9.97 Å². The zero-order valence-corrected chi connectivity index (χ0v) is 13.2. The normalized spacial score (nSPS) is 12.0. The van der Waals surface area contributed by atoms with E-state index < -0.39 is 0 Å². The summed E-state index contributed by atoms with van der Waals surface area (Å²) in [5.41, 5.74) is 1.66. The molecule has 2 aromatic heterocycles. The molecule has 0 fully saturated rings. The number of urea groups is 1. The fourth-order valence-corrected chi connectivity index (χ4v) is 2.62. The first-order chi connectivity index (χ1) is 10.1. The first-order valence-corrected chi connectivity index (χ1v) is 7.69. The minimum absolute atomic E-state index is 0.113. The van der Waals surface area contributed by atoms with E-state index in [4.69, 9.17) is 0 Å². The molecule has 6 nitrogen and oxygen atoms in total. The number of nitrogens with zero attached hydrogens (tertiary/aromatic N) is 4. The number of rotatable bonds is 5. The summed E-state index contributed by atoms with van der Waals surface area (Å²) in [7, 11) is 1.73. The van der Waals surface area contributed by atoms with E-state index in [2.05, 4.69) is 27.2 Å². The third-order valence-corrected chi connectivity index (χ3v) is 4.03. The molecule has 2 amide bonds. The van der Waals surface area contributed by atoms with Crippen molar-refractivity contribution >= 4 is 17.4 Å². The molecule has 0 radical (unpaired) electrons.